The van der Waals surface area contributed by atoms with E-state index in [1.165, 1.54) is 22.3 Å². The maximum atomic E-state index is 6.55. The van der Waals surface area contributed by atoms with Crippen LogP contribution in [0, 0.1) is 0 Å². The molecule has 2 aliphatic rings. The highest BCUT2D eigenvalue weighted by Crippen LogP contribution is 2.62. The van der Waals surface area contributed by atoms with E-state index in [-0.39, 0.29) is 0 Å². The zero-order chi connectivity index (χ0) is 37.5. The Morgan fingerprint density at radius 1 is 0.482 bits per heavy atom. The largest absolute Gasteiger partial charge is 0.457 e. The Bertz CT molecular complexity index is 2760. The molecule has 0 radical (unpaired) electrons. The van der Waals surface area contributed by atoms with Crippen molar-refractivity contribution in [3.8, 4) is 44.9 Å². The van der Waals surface area contributed by atoms with Gasteiger partial charge in [-0.2, -0.15) is 0 Å². The Kier molecular flexibility index (Phi) is 8.32. The van der Waals surface area contributed by atoms with Crippen LogP contribution in [-0.4, -0.2) is 12.1 Å². The van der Waals surface area contributed by atoms with E-state index in [1.54, 1.807) is 0 Å². The topological polar surface area (TPSA) is 60.0 Å². The first-order chi connectivity index (χ1) is 27.7. The van der Waals surface area contributed by atoms with Crippen LogP contribution in [0.15, 0.2) is 210 Å². The number of hydrogen-bond donors (Lipinski definition) is 1. The summed E-state index contributed by atoms with van der Waals surface area (Å²) in [6.07, 6.45) is 1.34. The van der Waals surface area contributed by atoms with Crippen LogP contribution in [0.1, 0.15) is 45.1 Å². The molecule has 8 aromatic rings. The first-order valence-corrected chi connectivity index (χ1v) is 19.0. The number of fused-ring (bicyclic) bond motifs is 9. The molecule has 1 aliphatic carbocycles. The van der Waals surface area contributed by atoms with Crippen LogP contribution in [0.3, 0.4) is 0 Å². The molecule has 56 heavy (non-hydrogen) atoms. The number of aliphatic imine (C=N–C) groups is 2. The number of para-hydroxylation sites is 2. The first-order valence-electron chi connectivity index (χ1n) is 19.0. The fourth-order valence-corrected chi connectivity index (χ4v) is 8.47. The summed E-state index contributed by atoms with van der Waals surface area (Å²) >= 11 is 0. The molecule has 1 heterocycles. The zero-order valence-electron chi connectivity index (χ0n) is 30.6. The number of nitrogens with two attached hydrogens (primary N) is 1. The van der Waals surface area contributed by atoms with Crippen molar-refractivity contribution in [1.29, 1.82) is 0 Å². The van der Waals surface area contributed by atoms with Gasteiger partial charge in [0.2, 0.25) is 0 Å². The maximum absolute atomic E-state index is 6.55. The molecule has 0 saturated carbocycles. The van der Waals surface area contributed by atoms with Gasteiger partial charge in [0.15, 0.2) is 5.84 Å². The number of benzene rings is 8. The van der Waals surface area contributed by atoms with Crippen molar-refractivity contribution >= 4 is 12.1 Å². The summed E-state index contributed by atoms with van der Waals surface area (Å²) in [6, 6.07) is 70.0. The van der Waals surface area contributed by atoms with Gasteiger partial charge in [0, 0.05) is 22.9 Å². The van der Waals surface area contributed by atoms with Crippen LogP contribution in [0.5, 0.6) is 11.5 Å². The summed E-state index contributed by atoms with van der Waals surface area (Å²) in [5.74, 6) is 2.37. The van der Waals surface area contributed by atoms with Gasteiger partial charge in [0.25, 0.3) is 0 Å². The van der Waals surface area contributed by atoms with E-state index in [1.807, 2.05) is 66.9 Å². The van der Waals surface area contributed by atoms with E-state index in [2.05, 4.69) is 140 Å². The van der Waals surface area contributed by atoms with Crippen LogP contribution in [0.2, 0.25) is 0 Å². The zero-order valence-corrected chi connectivity index (χ0v) is 30.6. The second-order valence-electron chi connectivity index (χ2n) is 14.3. The molecule has 4 nitrogen and oxygen atoms in total. The highest BCUT2D eigenvalue weighted by atomic mass is 16.5. The number of amidine groups is 1. The fraction of sp³-hybridized carbons (Fsp3) is 0.0385. The predicted molar refractivity (Wildman–Crippen MR) is 229 cm³/mol. The molecule has 1 atom stereocenters. The second-order valence-corrected chi connectivity index (χ2v) is 14.3. The third kappa shape index (κ3) is 5.67. The molecular weight excluding hydrogens is 683 g/mol. The van der Waals surface area contributed by atoms with E-state index in [4.69, 9.17) is 20.5 Å². The molecule has 266 valence electrons. The van der Waals surface area contributed by atoms with Crippen molar-refractivity contribution in [3.63, 3.8) is 0 Å². The van der Waals surface area contributed by atoms with Gasteiger partial charge in [0.1, 0.15) is 17.7 Å². The number of hydrogen-bond acceptors (Lipinski definition) is 3. The summed E-state index contributed by atoms with van der Waals surface area (Å²) in [7, 11) is 0. The number of rotatable bonds is 6. The van der Waals surface area contributed by atoms with E-state index < -0.39 is 11.6 Å². The van der Waals surface area contributed by atoms with Crippen molar-refractivity contribution in [1.82, 2.24) is 0 Å². The molecular formula is C52H37N3O. The summed E-state index contributed by atoms with van der Waals surface area (Å²) in [6.45, 7) is 0. The van der Waals surface area contributed by atoms with E-state index in [0.717, 1.165) is 61.6 Å². The average molecular weight is 720 g/mol. The monoisotopic (exact) mass is 719 g/mol. The van der Waals surface area contributed by atoms with Gasteiger partial charge in [-0.15, -0.1) is 0 Å². The molecule has 10 rings (SSSR count). The van der Waals surface area contributed by atoms with Crippen LogP contribution in [0.25, 0.3) is 33.4 Å². The maximum Gasteiger partial charge on any atom is 0.156 e. The van der Waals surface area contributed by atoms with Gasteiger partial charge in [-0.25, -0.2) is 9.98 Å². The molecule has 0 fully saturated rings. The molecule has 0 bridgehead atoms. The van der Waals surface area contributed by atoms with Crippen molar-refractivity contribution < 1.29 is 4.74 Å². The van der Waals surface area contributed by atoms with Crippen LogP contribution >= 0.6 is 0 Å². The van der Waals surface area contributed by atoms with Crippen LogP contribution < -0.4 is 10.5 Å². The Labute approximate surface area is 327 Å². The lowest BCUT2D eigenvalue weighted by molar-refractivity contribution is 0.436. The molecule has 1 unspecified atom stereocenters. The Hall–Kier alpha value is -7.14. The summed E-state index contributed by atoms with van der Waals surface area (Å²) < 4.78 is 6.55. The van der Waals surface area contributed by atoms with Crippen LogP contribution in [0.4, 0.5) is 0 Å². The van der Waals surface area contributed by atoms with Gasteiger partial charge >= 0.3 is 0 Å². The highest BCUT2D eigenvalue weighted by molar-refractivity contribution is 6.05. The van der Waals surface area contributed by atoms with Gasteiger partial charge < -0.3 is 10.5 Å². The minimum Gasteiger partial charge on any atom is -0.457 e. The molecule has 0 saturated heterocycles. The fourth-order valence-electron chi connectivity index (χ4n) is 8.47. The third-order valence-corrected chi connectivity index (χ3v) is 11.0. The molecule has 8 aromatic carbocycles. The highest BCUT2D eigenvalue weighted by Gasteiger charge is 2.51. The molecule has 4 heteroatoms. The minimum atomic E-state index is -0.531. The number of nitrogens with zero attached hydrogens (tertiary/aromatic N) is 2. The predicted octanol–water partition coefficient (Wildman–Crippen LogP) is 12.0. The van der Waals surface area contributed by atoms with Crippen molar-refractivity contribution in [3.05, 3.63) is 239 Å². The second kappa shape index (κ2) is 13.9. The van der Waals surface area contributed by atoms with Gasteiger partial charge in [-0.3, -0.25) is 0 Å². The Morgan fingerprint density at radius 3 is 1.75 bits per heavy atom. The summed E-state index contributed by atoms with van der Waals surface area (Å²) in [4.78, 5) is 9.73. The molecule has 2 N–H and O–H groups in total. The van der Waals surface area contributed by atoms with Gasteiger partial charge in [-0.1, -0.05) is 170 Å². The van der Waals surface area contributed by atoms with E-state index in [9.17, 15) is 0 Å². The lowest BCUT2D eigenvalue weighted by Gasteiger charge is -2.39. The summed E-state index contributed by atoms with van der Waals surface area (Å²) in [5, 5.41) is 0. The average Bonchev–Trinajstić information content (AvgIpc) is 3.56. The quantitative estimate of drug-likeness (QED) is 0.137. The molecule has 1 aliphatic heterocycles. The normalized spacial score (nSPS) is 14.1. The third-order valence-electron chi connectivity index (χ3n) is 11.0. The van der Waals surface area contributed by atoms with Crippen molar-refractivity contribution in [2.75, 3.05) is 0 Å². The molecule has 0 aromatic heterocycles. The lowest BCUT2D eigenvalue weighted by atomic mass is 9.66. The van der Waals surface area contributed by atoms with E-state index >= 15 is 0 Å². The van der Waals surface area contributed by atoms with E-state index in [0.29, 0.717) is 5.84 Å². The van der Waals surface area contributed by atoms with Crippen molar-refractivity contribution in [2.45, 2.75) is 11.6 Å². The van der Waals surface area contributed by atoms with Crippen molar-refractivity contribution in [2.24, 2.45) is 15.7 Å². The SMILES string of the molecule is NC(N=C(N=Cc1cccc(-c2cccc(-c3ccc4c(c3)C3(c5ccccc5Oc5ccccc53)c3ccccc3-4)c2)c1)c1ccccc1)c1ccccc1. The standard InChI is InChI=1S/C52H37N3O/c53-50(36-16-3-1-4-17-36)55-51(37-18-5-2-6-19-37)54-34-35-15-13-20-38(31-35)39-21-14-22-40(32-39)41-29-30-43-42-23-7-8-24-44(42)52(47(43)33-41)45-25-9-11-27-48(45)56-49-28-12-10-26-46(49)52/h1-34,50H,53H2. The Balaban J connectivity index is 1.03. The van der Waals surface area contributed by atoms with Gasteiger partial charge in [-0.05, 0) is 86.0 Å². The summed E-state index contributed by atoms with van der Waals surface area (Å²) in [5.41, 5.74) is 20.8. The number of ether oxygens (including phenoxy) is 1. The first kappa shape index (κ1) is 33.4. The van der Waals surface area contributed by atoms with Gasteiger partial charge in [0.05, 0.1) is 5.41 Å². The smallest absolute Gasteiger partial charge is 0.156 e. The molecule has 1 spiro atoms. The van der Waals surface area contributed by atoms with Crippen LogP contribution in [-0.2, 0) is 5.41 Å². The molecule has 0 amide bonds. The lowest BCUT2D eigenvalue weighted by Crippen LogP contribution is -2.32. The Morgan fingerprint density at radius 2 is 1.04 bits per heavy atom. The minimum absolute atomic E-state index is 0.508.